The molecule has 0 aliphatic carbocycles. The standard InChI is InChI=1S/C20H24N2O.C14H18N2O3.C8H13NO4/c23-20(21-19-11-5-2-6-12-19)18-10-7-14-22(16-18)15-13-17-8-3-1-4-9-17;1-19-14(18)16-9-5-6-11(10-16)13(17)15-12-7-3-2-4-8-12;1-13-8(12)9-4-2-3-6(5-9)7(10)11/h1-6,8-9,11-12,18H,7,10,13-16H2,(H,21,23);2-4,7-8,11H,5-6,9-10H2,1H3,(H,15,17);6H,2-5H2,1H3,(H,10,11). The van der Waals surface area contributed by atoms with Crippen LogP contribution < -0.4 is 10.6 Å². The number of amides is 4. The molecule has 3 N–H and O–H groups in total. The fraction of sp³-hybridized carbons (Fsp3) is 0.452. The first-order valence-corrected chi connectivity index (χ1v) is 19.0. The number of nitrogens with one attached hydrogen (secondary N) is 2. The number of hydrogen-bond donors (Lipinski definition) is 3. The van der Waals surface area contributed by atoms with Crippen molar-refractivity contribution in [2.45, 2.75) is 44.9 Å². The molecule has 0 aromatic heterocycles. The monoisotopic (exact) mass is 757 g/mol. The number of nitrogens with zero attached hydrogens (tertiary/aromatic N) is 3. The number of benzene rings is 3. The van der Waals surface area contributed by atoms with E-state index in [1.807, 2.05) is 66.7 Å². The van der Waals surface area contributed by atoms with Gasteiger partial charge in [-0.05, 0) is 81.3 Å². The predicted octanol–water partition coefficient (Wildman–Crippen LogP) is 6.23. The lowest BCUT2D eigenvalue weighted by molar-refractivity contribution is -0.143. The van der Waals surface area contributed by atoms with Crippen molar-refractivity contribution in [3.05, 3.63) is 96.6 Å². The van der Waals surface area contributed by atoms with E-state index in [-0.39, 0.29) is 36.3 Å². The van der Waals surface area contributed by atoms with Gasteiger partial charge in [-0.3, -0.25) is 14.4 Å². The fourth-order valence-corrected chi connectivity index (χ4v) is 6.90. The van der Waals surface area contributed by atoms with Crippen LogP contribution in [-0.2, 0) is 30.3 Å². The van der Waals surface area contributed by atoms with E-state index in [9.17, 15) is 24.0 Å². The zero-order chi connectivity index (χ0) is 39.4. The zero-order valence-electron chi connectivity index (χ0n) is 31.9. The summed E-state index contributed by atoms with van der Waals surface area (Å²) in [6, 6.07) is 29.6. The minimum absolute atomic E-state index is 0.0418. The number of aliphatic carboxylic acids is 1. The third kappa shape index (κ3) is 14.4. The number of piperidine rings is 3. The van der Waals surface area contributed by atoms with Crippen molar-refractivity contribution in [3.63, 3.8) is 0 Å². The Morgan fingerprint density at radius 1 is 0.600 bits per heavy atom. The van der Waals surface area contributed by atoms with Crippen LogP contribution in [0.5, 0.6) is 0 Å². The molecule has 3 fully saturated rings. The van der Waals surface area contributed by atoms with Crippen molar-refractivity contribution < 1.29 is 38.6 Å². The number of hydrogen-bond acceptors (Lipinski definition) is 8. The summed E-state index contributed by atoms with van der Waals surface area (Å²) in [6.07, 6.45) is 5.32. The van der Waals surface area contributed by atoms with E-state index < -0.39 is 18.0 Å². The van der Waals surface area contributed by atoms with Crippen molar-refractivity contribution in [2.24, 2.45) is 17.8 Å². The van der Waals surface area contributed by atoms with E-state index >= 15 is 0 Å². The Hall–Kier alpha value is -5.43. The molecule has 0 saturated carbocycles. The summed E-state index contributed by atoms with van der Waals surface area (Å²) in [5.41, 5.74) is 3.03. The minimum Gasteiger partial charge on any atom is -0.481 e. The van der Waals surface area contributed by atoms with Gasteiger partial charge < -0.3 is 39.9 Å². The number of rotatable bonds is 8. The Kier molecular flexibility index (Phi) is 17.5. The molecule has 3 unspecified atom stereocenters. The average Bonchev–Trinajstić information content (AvgIpc) is 3.24. The number of carbonyl (C=O) groups is 5. The van der Waals surface area contributed by atoms with Crippen LogP contribution in [-0.4, -0.2) is 110 Å². The molecule has 0 bridgehead atoms. The normalized spacial score (nSPS) is 19.6. The van der Waals surface area contributed by atoms with Crippen LogP contribution in [0, 0.1) is 17.8 Å². The van der Waals surface area contributed by atoms with Crippen molar-refractivity contribution in [3.8, 4) is 0 Å². The molecule has 3 heterocycles. The highest BCUT2D eigenvalue weighted by molar-refractivity contribution is 5.93. The summed E-state index contributed by atoms with van der Waals surface area (Å²) < 4.78 is 9.20. The number of methoxy groups -OCH3 is 2. The van der Waals surface area contributed by atoms with Crippen LogP contribution in [0.25, 0.3) is 0 Å². The van der Waals surface area contributed by atoms with Gasteiger partial charge >= 0.3 is 18.2 Å². The lowest BCUT2D eigenvalue weighted by atomic mass is 9.96. The summed E-state index contributed by atoms with van der Waals surface area (Å²) in [5, 5.41) is 14.6. The van der Waals surface area contributed by atoms with Gasteiger partial charge in [0.05, 0.1) is 32.0 Å². The van der Waals surface area contributed by atoms with Gasteiger partial charge in [0.1, 0.15) is 0 Å². The second kappa shape index (κ2) is 22.7. The Balaban J connectivity index is 0.000000191. The number of carbonyl (C=O) groups excluding carboxylic acids is 4. The Bertz CT molecular complexity index is 1650. The predicted molar refractivity (Wildman–Crippen MR) is 210 cm³/mol. The lowest BCUT2D eigenvalue weighted by Gasteiger charge is -2.32. The molecule has 13 heteroatoms. The highest BCUT2D eigenvalue weighted by Crippen LogP contribution is 2.21. The van der Waals surface area contributed by atoms with Gasteiger partial charge in [0.15, 0.2) is 0 Å². The van der Waals surface area contributed by atoms with E-state index in [1.54, 1.807) is 4.90 Å². The lowest BCUT2D eigenvalue weighted by Crippen LogP contribution is -2.43. The van der Waals surface area contributed by atoms with Crippen molar-refractivity contribution >= 4 is 41.3 Å². The van der Waals surface area contributed by atoms with Gasteiger partial charge in [-0.15, -0.1) is 0 Å². The highest BCUT2D eigenvalue weighted by atomic mass is 16.5. The number of carboxylic acid groups (broad SMARTS) is 1. The quantitative estimate of drug-likeness (QED) is 0.242. The van der Waals surface area contributed by atoms with Crippen LogP contribution in [0.4, 0.5) is 21.0 Å². The summed E-state index contributed by atoms with van der Waals surface area (Å²) in [6.45, 7) is 4.93. The first kappa shape index (κ1) is 42.3. The Morgan fingerprint density at radius 2 is 1.02 bits per heavy atom. The number of carboxylic acids is 1. The van der Waals surface area contributed by atoms with E-state index in [2.05, 4.69) is 44.5 Å². The molecule has 296 valence electrons. The molecule has 3 aromatic carbocycles. The van der Waals surface area contributed by atoms with E-state index in [0.717, 1.165) is 69.5 Å². The second-order valence-corrected chi connectivity index (χ2v) is 13.9. The molecular weight excluding hydrogens is 702 g/mol. The molecule has 3 atom stereocenters. The first-order valence-electron chi connectivity index (χ1n) is 19.0. The van der Waals surface area contributed by atoms with Gasteiger partial charge in [0.25, 0.3) is 0 Å². The summed E-state index contributed by atoms with van der Waals surface area (Å²) >= 11 is 0. The summed E-state index contributed by atoms with van der Waals surface area (Å²) in [7, 11) is 2.66. The zero-order valence-corrected chi connectivity index (χ0v) is 31.9. The molecule has 3 aromatic rings. The summed E-state index contributed by atoms with van der Waals surface area (Å²) in [5.74, 6) is -1.24. The largest absolute Gasteiger partial charge is 0.481 e. The van der Waals surface area contributed by atoms with E-state index in [4.69, 9.17) is 9.84 Å². The molecule has 13 nitrogen and oxygen atoms in total. The average molecular weight is 758 g/mol. The number of likely N-dealkylation sites (tertiary alicyclic amines) is 3. The van der Waals surface area contributed by atoms with Crippen molar-refractivity contribution in [1.82, 2.24) is 14.7 Å². The molecule has 3 aliphatic rings. The van der Waals surface area contributed by atoms with Gasteiger partial charge in [-0.25, -0.2) is 9.59 Å². The topological polar surface area (TPSA) is 158 Å². The second-order valence-electron chi connectivity index (χ2n) is 13.9. The number of anilines is 2. The van der Waals surface area contributed by atoms with Crippen LogP contribution in [0.1, 0.15) is 44.1 Å². The molecule has 4 amide bonds. The molecule has 55 heavy (non-hydrogen) atoms. The third-order valence-corrected chi connectivity index (χ3v) is 9.95. The van der Waals surface area contributed by atoms with E-state index in [1.165, 1.54) is 24.7 Å². The maximum absolute atomic E-state index is 12.4. The van der Waals surface area contributed by atoms with E-state index in [0.29, 0.717) is 26.1 Å². The van der Waals surface area contributed by atoms with Crippen LogP contribution >= 0.6 is 0 Å². The number of para-hydroxylation sites is 2. The molecule has 0 radical (unpaired) electrons. The molecular formula is C42H55N5O8. The molecule has 0 spiro atoms. The van der Waals surface area contributed by atoms with Gasteiger partial charge in [0.2, 0.25) is 11.8 Å². The van der Waals surface area contributed by atoms with Gasteiger partial charge in [-0.1, -0.05) is 66.7 Å². The Morgan fingerprint density at radius 3 is 1.49 bits per heavy atom. The Labute approximate surface area is 324 Å². The first-order chi connectivity index (χ1) is 26.7. The van der Waals surface area contributed by atoms with Gasteiger partial charge in [-0.2, -0.15) is 0 Å². The molecule has 3 saturated heterocycles. The SMILES string of the molecule is COC(=O)N1CCCC(C(=O)Nc2ccccc2)C1.COC(=O)N1CCCC(C(=O)O)C1.O=C(Nc1ccccc1)C1CCCN(CCc2ccccc2)C1. The maximum atomic E-state index is 12.4. The van der Waals surface area contributed by atoms with Crippen LogP contribution in [0.2, 0.25) is 0 Å². The summed E-state index contributed by atoms with van der Waals surface area (Å²) in [4.78, 5) is 63.2. The minimum atomic E-state index is -0.839. The smallest absolute Gasteiger partial charge is 0.409 e. The fourth-order valence-electron chi connectivity index (χ4n) is 6.90. The van der Waals surface area contributed by atoms with Crippen molar-refractivity contribution in [1.29, 1.82) is 0 Å². The molecule has 3 aliphatic heterocycles. The number of ether oxygens (including phenoxy) is 2. The maximum Gasteiger partial charge on any atom is 0.409 e. The van der Waals surface area contributed by atoms with Crippen LogP contribution in [0.3, 0.4) is 0 Å². The third-order valence-electron chi connectivity index (χ3n) is 9.95. The van der Waals surface area contributed by atoms with Crippen molar-refractivity contribution in [2.75, 3.05) is 70.7 Å². The highest BCUT2D eigenvalue weighted by Gasteiger charge is 2.30. The van der Waals surface area contributed by atoms with Crippen LogP contribution in [0.15, 0.2) is 91.0 Å². The van der Waals surface area contributed by atoms with Gasteiger partial charge in [0, 0.05) is 50.6 Å². The molecule has 6 rings (SSSR count).